The number of β-lactam (4-membered cyclic amide) rings is 1. The second kappa shape index (κ2) is 22.1. The lowest BCUT2D eigenvalue weighted by atomic mass is 9.77. The van der Waals surface area contributed by atoms with Gasteiger partial charge in [-0.2, -0.15) is 0 Å². The van der Waals surface area contributed by atoms with Crippen LogP contribution in [0.4, 0.5) is 5.13 Å². The van der Waals surface area contributed by atoms with E-state index in [1.54, 1.807) is 44.7 Å². The number of benzene rings is 5. The van der Waals surface area contributed by atoms with Crippen molar-refractivity contribution in [2.24, 2.45) is 5.16 Å². The zero-order chi connectivity index (χ0) is 51.9. The van der Waals surface area contributed by atoms with E-state index < -0.39 is 59.0 Å². The van der Waals surface area contributed by atoms with E-state index in [-0.39, 0.29) is 22.9 Å². The maximum Gasteiger partial charge on any atom is 0.356 e. The minimum atomic E-state index is -1.12. The quantitative estimate of drug-likeness (QED) is 0.0291. The van der Waals surface area contributed by atoms with Crippen LogP contribution in [0.2, 0.25) is 0 Å². The molecule has 0 spiro atoms. The highest BCUT2D eigenvalue weighted by Gasteiger charge is 2.55. The normalized spacial score (nSPS) is 15.7. The third-order valence-corrected chi connectivity index (χ3v) is 15.4. The molecule has 10 rings (SSSR count). The van der Waals surface area contributed by atoms with Crippen LogP contribution >= 0.6 is 34.4 Å². The van der Waals surface area contributed by atoms with E-state index in [1.807, 2.05) is 164 Å². The Hall–Kier alpha value is -8.25. The average Bonchev–Trinajstić information content (AvgIpc) is 4.14. The largest absolute Gasteiger partial charge is 0.457 e. The number of anilines is 1. The highest BCUT2D eigenvalue weighted by atomic mass is 32.2. The second-order valence-electron chi connectivity index (χ2n) is 18.4. The Balaban J connectivity index is 0.975. The van der Waals surface area contributed by atoms with Crippen LogP contribution < -0.4 is 10.6 Å². The van der Waals surface area contributed by atoms with E-state index >= 15 is 0 Å². The summed E-state index contributed by atoms with van der Waals surface area (Å²) in [5.74, 6) is -2.50. The zero-order valence-electron chi connectivity index (χ0n) is 40.9. The van der Waals surface area contributed by atoms with E-state index in [0.29, 0.717) is 20.6 Å². The number of nitrogens with one attached hydrogen (secondary N) is 2. The number of ether oxygens (including phenoxy) is 2. The van der Waals surface area contributed by atoms with Crippen molar-refractivity contribution in [1.82, 2.24) is 25.2 Å². The van der Waals surface area contributed by atoms with Gasteiger partial charge in [0.15, 0.2) is 16.9 Å². The number of pyridine rings is 1. The first-order valence-electron chi connectivity index (χ1n) is 24.0. The van der Waals surface area contributed by atoms with Gasteiger partial charge in [0.25, 0.3) is 11.8 Å². The van der Waals surface area contributed by atoms with Crippen molar-refractivity contribution in [1.29, 1.82) is 0 Å². The summed E-state index contributed by atoms with van der Waals surface area (Å²) in [6, 6.07) is 51.4. The van der Waals surface area contributed by atoms with E-state index in [1.165, 1.54) is 39.3 Å². The van der Waals surface area contributed by atoms with Crippen LogP contribution in [0.5, 0.6) is 0 Å². The molecule has 14 nitrogen and oxygen atoms in total. The number of hydrogen-bond donors (Lipinski definition) is 2. The van der Waals surface area contributed by atoms with Gasteiger partial charge in [0.05, 0.1) is 4.88 Å². The number of amides is 2. The molecule has 2 aliphatic heterocycles. The van der Waals surface area contributed by atoms with E-state index in [2.05, 4.69) is 25.8 Å². The van der Waals surface area contributed by atoms with Gasteiger partial charge in [-0.05, 0) is 60.7 Å². The van der Waals surface area contributed by atoms with Gasteiger partial charge in [0.2, 0.25) is 6.61 Å². The summed E-state index contributed by atoms with van der Waals surface area (Å²) >= 11 is 3.99. The number of carbonyl (C=O) groups excluding carboxylic acids is 4. The SMILES string of the molecule is CC(C)(C)OC(=O)CON=C(C(=O)NC1C(=O)N2C(C(=O)OC(c3ccccc3)c3ccccc3)=C(c3cnc(-c4cccnc4)s3)CSC12)c1csc(NC(c2ccccc2)(c2ccccc2)c2ccccc2)n1. The molecule has 2 unspecified atom stereocenters. The number of esters is 2. The van der Waals surface area contributed by atoms with Gasteiger partial charge in [0.1, 0.15) is 39.0 Å². The van der Waals surface area contributed by atoms with Gasteiger partial charge in [-0.15, -0.1) is 34.4 Å². The van der Waals surface area contributed by atoms with Gasteiger partial charge < -0.3 is 24.9 Å². The summed E-state index contributed by atoms with van der Waals surface area (Å²) in [6.07, 6.45) is 4.27. The molecular weight excluding hydrogens is 1000 g/mol. The fraction of sp³-hybridized carbons (Fsp3) is 0.172. The van der Waals surface area contributed by atoms with Crippen molar-refractivity contribution in [3.05, 3.63) is 232 Å². The third kappa shape index (κ3) is 10.9. The molecule has 0 radical (unpaired) electrons. The molecule has 0 aliphatic carbocycles. The van der Waals surface area contributed by atoms with Crippen molar-refractivity contribution in [2.45, 2.75) is 49.4 Å². The highest BCUT2D eigenvalue weighted by Crippen LogP contribution is 2.46. The second-order valence-corrected chi connectivity index (χ2v) is 21.4. The molecule has 3 aromatic heterocycles. The molecule has 0 bridgehead atoms. The minimum absolute atomic E-state index is 0.0519. The van der Waals surface area contributed by atoms with Gasteiger partial charge in [-0.1, -0.05) is 157 Å². The first-order chi connectivity index (χ1) is 36.5. The Kier molecular flexibility index (Phi) is 14.8. The fourth-order valence-electron chi connectivity index (χ4n) is 8.90. The lowest BCUT2D eigenvalue weighted by Gasteiger charge is -2.49. The first kappa shape index (κ1) is 50.3. The number of oxime groups is 1. The number of aromatic nitrogens is 3. The Bertz CT molecular complexity index is 3240. The maximum absolute atomic E-state index is 14.9. The Morgan fingerprint density at radius 1 is 0.773 bits per heavy atom. The lowest BCUT2D eigenvalue weighted by molar-refractivity contribution is -0.160. The van der Waals surface area contributed by atoms with Gasteiger partial charge >= 0.3 is 11.9 Å². The van der Waals surface area contributed by atoms with Crippen LogP contribution in [0.25, 0.3) is 16.1 Å². The van der Waals surface area contributed by atoms with Crippen LogP contribution in [0, 0.1) is 0 Å². The van der Waals surface area contributed by atoms with Crippen LogP contribution in [0.15, 0.2) is 199 Å². The number of nitrogens with zero attached hydrogens (tertiary/aromatic N) is 5. The predicted octanol–water partition coefficient (Wildman–Crippen LogP) is 10.3. The standard InChI is InChI=1S/C58H49N7O7S3/c1-57(2,3)72-46(66)34-70-64-47(44-36-74-56(61-44)63-58(40-25-13-6-14-26-40,41-27-15-7-16-28-41)42-29-17-8-18-30-42)51(67)62-48-53(68)65-49(55(69)71-50(37-20-9-4-10-21-37)38-22-11-5-12-23-38)43(35-73-54(48)65)45-33-60-52(75-45)39-24-19-31-59-32-39/h4-33,36,48,50,54H,34-35H2,1-3H3,(H,61,63)(H,62,67). The highest BCUT2D eigenvalue weighted by molar-refractivity contribution is 8.00. The lowest BCUT2D eigenvalue weighted by Crippen LogP contribution is -2.71. The molecule has 2 atom stereocenters. The first-order valence-corrected chi connectivity index (χ1v) is 26.7. The summed E-state index contributed by atoms with van der Waals surface area (Å²) in [5, 5.41) is 12.8. The molecule has 17 heteroatoms. The summed E-state index contributed by atoms with van der Waals surface area (Å²) in [5.41, 5.74) is 3.77. The van der Waals surface area contributed by atoms with Crippen LogP contribution in [-0.4, -0.2) is 78.7 Å². The Labute approximate surface area is 445 Å². The average molecular weight is 1050 g/mol. The summed E-state index contributed by atoms with van der Waals surface area (Å²) < 4.78 is 11.9. The Morgan fingerprint density at radius 2 is 1.36 bits per heavy atom. The summed E-state index contributed by atoms with van der Waals surface area (Å²) in [6.45, 7) is 4.57. The summed E-state index contributed by atoms with van der Waals surface area (Å²) in [4.78, 5) is 78.6. The van der Waals surface area contributed by atoms with Crippen LogP contribution in [0.1, 0.15) is 65.3 Å². The smallest absolute Gasteiger partial charge is 0.356 e. The molecule has 2 amide bonds. The molecule has 0 saturated carbocycles. The predicted molar refractivity (Wildman–Crippen MR) is 291 cm³/mol. The third-order valence-electron chi connectivity index (χ3n) is 12.2. The van der Waals surface area contributed by atoms with Gasteiger partial charge in [0, 0.05) is 40.9 Å². The molecule has 75 heavy (non-hydrogen) atoms. The topological polar surface area (TPSA) is 174 Å². The van der Waals surface area contributed by atoms with Crippen molar-refractivity contribution in [2.75, 3.05) is 17.7 Å². The van der Waals surface area contributed by atoms with E-state index in [0.717, 1.165) is 33.4 Å². The molecule has 2 N–H and O–H groups in total. The Morgan fingerprint density at radius 3 is 1.92 bits per heavy atom. The van der Waals surface area contributed by atoms with E-state index in [9.17, 15) is 19.2 Å². The number of thiazole rings is 2. The monoisotopic (exact) mass is 1050 g/mol. The molecule has 1 fully saturated rings. The molecule has 1 saturated heterocycles. The van der Waals surface area contributed by atoms with Gasteiger partial charge in [-0.25, -0.2) is 19.6 Å². The molecule has 5 aromatic carbocycles. The van der Waals surface area contributed by atoms with Crippen molar-refractivity contribution in [3.8, 4) is 10.6 Å². The molecule has 5 heterocycles. The van der Waals surface area contributed by atoms with Gasteiger partial charge in [-0.3, -0.25) is 19.5 Å². The van der Waals surface area contributed by atoms with Crippen molar-refractivity contribution >= 4 is 74.6 Å². The number of thioether (sulfide) groups is 1. The zero-order valence-corrected chi connectivity index (χ0v) is 43.3. The van der Waals surface area contributed by atoms with E-state index in [4.69, 9.17) is 19.3 Å². The summed E-state index contributed by atoms with van der Waals surface area (Å²) in [7, 11) is 0. The number of rotatable bonds is 17. The maximum atomic E-state index is 14.9. The molecule has 8 aromatic rings. The molecule has 376 valence electrons. The molecule has 2 aliphatic rings. The van der Waals surface area contributed by atoms with Crippen LogP contribution in [0.3, 0.4) is 0 Å². The number of carbonyl (C=O) groups is 4. The molecular formula is C58H49N7O7S3. The van der Waals surface area contributed by atoms with Crippen LogP contribution in [-0.2, 0) is 39.0 Å². The van der Waals surface area contributed by atoms with Crippen molar-refractivity contribution in [3.63, 3.8) is 0 Å². The number of hydrogen-bond acceptors (Lipinski definition) is 15. The van der Waals surface area contributed by atoms with Crippen molar-refractivity contribution < 1.29 is 33.5 Å². The number of fused-ring (bicyclic) bond motifs is 1. The minimum Gasteiger partial charge on any atom is -0.457 e. The fourth-order valence-corrected chi connectivity index (χ4v) is 12.1.